The van der Waals surface area contributed by atoms with Gasteiger partial charge < -0.3 is 14.8 Å². The van der Waals surface area contributed by atoms with Gasteiger partial charge in [-0.15, -0.1) is 0 Å². The number of carbonyl (C=O) groups excluding carboxylic acids is 2. The molecule has 0 heterocycles. The molecule has 0 fully saturated rings. The van der Waals surface area contributed by atoms with E-state index in [-0.39, 0.29) is 11.3 Å². The number of ether oxygens (including phenoxy) is 2. The zero-order chi connectivity index (χ0) is 19.9. The summed E-state index contributed by atoms with van der Waals surface area (Å²) in [6.07, 6.45) is 1.11. The van der Waals surface area contributed by atoms with Crippen LogP contribution in [0.1, 0.15) is 22.8 Å². The Bertz CT molecular complexity index is 923. The molecule has 0 aliphatic carbocycles. The highest BCUT2D eigenvalue weighted by atomic mass is 32.2. The van der Waals surface area contributed by atoms with Crippen molar-refractivity contribution in [3.63, 3.8) is 0 Å². The summed E-state index contributed by atoms with van der Waals surface area (Å²) in [5.74, 6) is -0.877. The number of nitrogens with one attached hydrogen (secondary N) is 1. The smallest absolute Gasteiger partial charge is 0.338 e. The van der Waals surface area contributed by atoms with Crippen LogP contribution in [0.4, 0.5) is 5.69 Å². The van der Waals surface area contributed by atoms with Crippen LogP contribution in [0, 0.1) is 0 Å². The monoisotopic (exact) mass is 391 g/mol. The van der Waals surface area contributed by atoms with Crippen molar-refractivity contribution in [2.45, 2.75) is 12.7 Å². The first-order valence-corrected chi connectivity index (χ1v) is 10.3. The third-order valence-electron chi connectivity index (χ3n) is 3.39. The minimum absolute atomic E-state index is 0.178. The van der Waals surface area contributed by atoms with Crippen LogP contribution >= 0.6 is 0 Å². The lowest BCUT2D eigenvalue weighted by Crippen LogP contribution is -2.21. The summed E-state index contributed by atoms with van der Waals surface area (Å²) in [5, 5.41) is 2.62. The maximum atomic E-state index is 12.1. The summed E-state index contributed by atoms with van der Waals surface area (Å²) in [5.41, 5.74) is 1.14. The van der Waals surface area contributed by atoms with Gasteiger partial charge in [0.15, 0.2) is 16.4 Å². The minimum atomic E-state index is -3.22. The highest BCUT2D eigenvalue weighted by Crippen LogP contribution is 2.23. The van der Waals surface area contributed by atoms with E-state index >= 15 is 0 Å². The molecule has 8 heteroatoms. The molecular formula is C19H21NO6S. The molecule has 0 atom stereocenters. The summed E-state index contributed by atoms with van der Waals surface area (Å²) >= 11 is 0. The van der Waals surface area contributed by atoms with Gasteiger partial charge in [0.2, 0.25) is 0 Å². The number of esters is 1. The number of para-hydroxylation sites is 2. The molecule has 0 unspecified atom stereocenters. The standard InChI is InChI=1S/C19H21NO6S/c1-3-25-17-10-5-4-9-16(17)20-18(21)12-26-19(22)15-8-6-7-14(11-15)13-27(2,23)24/h4-11H,3,12-13H2,1-2H3,(H,20,21). The second kappa shape index (κ2) is 9.18. The zero-order valence-corrected chi connectivity index (χ0v) is 15.9. The topological polar surface area (TPSA) is 98.8 Å². The van der Waals surface area contributed by atoms with Gasteiger partial charge >= 0.3 is 5.97 Å². The highest BCUT2D eigenvalue weighted by molar-refractivity contribution is 7.89. The molecule has 0 aliphatic rings. The fraction of sp³-hybridized carbons (Fsp3) is 0.263. The number of hydrogen-bond donors (Lipinski definition) is 1. The molecule has 27 heavy (non-hydrogen) atoms. The molecule has 1 amide bonds. The number of sulfone groups is 1. The van der Waals surface area contributed by atoms with Crippen LogP contribution in [0.25, 0.3) is 0 Å². The zero-order valence-electron chi connectivity index (χ0n) is 15.1. The minimum Gasteiger partial charge on any atom is -0.492 e. The Hall–Kier alpha value is -2.87. The van der Waals surface area contributed by atoms with Crippen molar-refractivity contribution in [2.24, 2.45) is 0 Å². The van der Waals surface area contributed by atoms with Gasteiger partial charge in [0.05, 0.1) is 23.6 Å². The normalized spacial score (nSPS) is 10.9. The predicted octanol–water partition coefficient (Wildman–Crippen LogP) is 2.43. The van der Waals surface area contributed by atoms with Crippen LogP contribution in [0.3, 0.4) is 0 Å². The van der Waals surface area contributed by atoms with E-state index in [2.05, 4.69) is 5.32 Å². The van der Waals surface area contributed by atoms with Crippen LogP contribution in [0.15, 0.2) is 48.5 Å². The molecule has 0 aliphatic heterocycles. The van der Waals surface area contributed by atoms with E-state index < -0.39 is 28.3 Å². The van der Waals surface area contributed by atoms with Crippen LogP contribution in [0.2, 0.25) is 0 Å². The molecule has 2 aromatic carbocycles. The number of benzene rings is 2. The molecule has 0 bridgehead atoms. The van der Waals surface area contributed by atoms with E-state index in [9.17, 15) is 18.0 Å². The Balaban J connectivity index is 1.95. The van der Waals surface area contributed by atoms with Gasteiger partial charge in [0.1, 0.15) is 5.75 Å². The fourth-order valence-electron chi connectivity index (χ4n) is 2.34. The fourth-order valence-corrected chi connectivity index (χ4v) is 3.13. The molecule has 0 saturated heterocycles. The van der Waals surface area contributed by atoms with Crippen molar-refractivity contribution in [2.75, 3.05) is 24.8 Å². The van der Waals surface area contributed by atoms with Gasteiger partial charge in [-0.3, -0.25) is 4.79 Å². The first-order valence-electron chi connectivity index (χ1n) is 8.24. The van der Waals surface area contributed by atoms with E-state index in [1.165, 1.54) is 12.1 Å². The van der Waals surface area contributed by atoms with Crippen LogP contribution in [-0.4, -0.2) is 39.8 Å². The van der Waals surface area contributed by atoms with Crippen molar-refractivity contribution < 1.29 is 27.5 Å². The number of rotatable bonds is 8. The van der Waals surface area contributed by atoms with Gasteiger partial charge in [0.25, 0.3) is 5.91 Å². The van der Waals surface area contributed by atoms with Crippen LogP contribution in [0.5, 0.6) is 5.75 Å². The SMILES string of the molecule is CCOc1ccccc1NC(=O)COC(=O)c1cccc(CS(C)(=O)=O)c1. The number of carbonyl (C=O) groups is 2. The summed E-state index contributed by atoms with van der Waals surface area (Å²) in [4.78, 5) is 24.1. The van der Waals surface area contributed by atoms with Crippen molar-refractivity contribution >= 4 is 27.4 Å². The number of anilines is 1. The molecule has 0 saturated carbocycles. The Morgan fingerprint density at radius 2 is 1.81 bits per heavy atom. The van der Waals surface area contributed by atoms with E-state index in [0.29, 0.717) is 23.6 Å². The van der Waals surface area contributed by atoms with Crippen LogP contribution < -0.4 is 10.1 Å². The molecule has 7 nitrogen and oxygen atoms in total. The quantitative estimate of drug-likeness (QED) is 0.694. The number of amides is 1. The average molecular weight is 391 g/mol. The average Bonchev–Trinajstić information content (AvgIpc) is 2.60. The Kier molecular flexibility index (Phi) is 6.95. The van der Waals surface area contributed by atoms with Crippen molar-refractivity contribution in [3.8, 4) is 5.75 Å². The molecule has 2 rings (SSSR count). The van der Waals surface area contributed by atoms with E-state index in [4.69, 9.17) is 9.47 Å². The third kappa shape index (κ3) is 6.74. The lowest BCUT2D eigenvalue weighted by Gasteiger charge is -2.11. The van der Waals surface area contributed by atoms with Gasteiger partial charge in [0, 0.05) is 6.26 Å². The maximum Gasteiger partial charge on any atom is 0.338 e. The molecule has 2 aromatic rings. The molecule has 0 aromatic heterocycles. The maximum absolute atomic E-state index is 12.1. The first kappa shape index (κ1) is 20.4. The van der Waals surface area contributed by atoms with Gasteiger partial charge in [-0.25, -0.2) is 13.2 Å². The molecule has 0 radical (unpaired) electrons. The number of hydrogen-bond acceptors (Lipinski definition) is 6. The van der Waals surface area contributed by atoms with Crippen LogP contribution in [-0.2, 0) is 25.1 Å². The predicted molar refractivity (Wildman–Crippen MR) is 102 cm³/mol. The van der Waals surface area contributed by atoms with Gasteiger partial charge in [-0.2, -0.15) is 0 Å². The summed E-state index contributed by atoms with van der Waals surface area (Å²) in [7, 11) is -3.22. The Morgan fingerprint density at radius 1 is 1.07 bits per heavy atom. The Morgan fingerprint density at radius 3 is 2.52 bits per heavy atom. The first-order chi connectivity index (χ1) is 12.8. The second-order valence-corrected chi connectivity index (χ2v) is 7.96. The lowest BCUT2D eigenvalue weighted by molar-refractivity contribution is -0.119. The van der Waals surface area contributed by atoms with Gasteiger partial charge in [-0.05, 0) is 36.8 Å². The van der Waals surface area contributed by atoms with E-state index in [0.717, 1.165) is 6.26 Å². The largest absolute Gasteiger partial charge is 0.492 e. The second-order valence-electron chi connectivity index (χ2n) is 5.82. The molecule has 0 spiro atoms. The van der Waals surface area contributed by atoms with Crippen molar-refractivity contribution in [3.05, 3.63) is 59.7 Å². The summed E-state index contributed by atoms with van der Waals surface area (Å²) < 4.78 is 33.2. The summed E-state index contributed by atoms with van der Waals surface area (Å²) in [6.45, 7) is 1.81. The van der Waals surface area contributed by atoms with Gasteiger partial charge in [-0.1, -0.05) is 24.3 Å². The van der Waals surface area contributed by atoms with E-state index in [1.54, 1.807) is 36.4 Å². The highest BCUT2D eigenvalue weighted by Gasteiger charge is 2.13. The van der Waals surface area contributed by atoms with E-state index in [1.807, 2.05) is 6.92 Å². The van der Waals surface area contributed by atoms with Crippen molar-refractivity contribution in [1.82, 2.24) is 0 Å². The van der Waals surface area contributed by atoms with Crippen molar-refractivity contribution in [1.29, 1.82) is 0 Å². The summed E-state index contributed by atoms with van der Waals surface area (Å²) in [6, 6.07) is 13.0. The lowest BCUT2D eigenvalue weighted by atomic mass is 10.1. The molecule has 144 valence electrons. The molecule has 1 N–H and O–H groups in total. The third-order valence-corrected chi connectivity index (χ3v) is 4.24. The molecular weight excluding hydrogens is 370 g/mol. The Labute approximate surface area is 158 Å².